The predicted octanol–water partition coefficient (Wildman–Crippen LogP) is 4.49. The van der Waals surface area contributed by atoms with Crippen LogP contribution in [-0.4, -0.2) is 23.5 Å². The van der Waals surface area contributed by atoms with Crippen molar-refractivity contribution in [2.24, 2.45) is 5.41 Å². The molecule has 0 heterocycles. The summed E-state index contributed by atoms with van der Waals surface area (Å²) in [7, 11) is 0. The van der Waals surface area contributed by atoms with Crippen molar-refractivity contribution in [3.8, 4) is 0 Å². The van der Waals surface area contributed by atoms with Gasteiger partial charge in [0.25, 0.3) is 0 Å². The van der Waals surface area contributed by atoms with Gasteiger partial charge in [-0.15, -0.1) is 6.58 Å². The van der Waals surface area contributed by atoms with Crippen LogP contribution in [0.25, 0.3) is 0 Å². The summed E-state index contributed by atoms with van der Waals surface area (Å²) in [6.07, 6.45) is 5.73. The molecule has 0 rings (SSSR count). The normalized spacial score (nSPS) is 13.2. The van der Waals surface area contributed by atoms with Crippen LogP contribution in [0, 0.1) is 5.41 Å². The van der Waals surface area contributed by atoms with E-state index in [9.17, 15) is 0 Å². The van der Waals surface area contributed by atoms with E-state index in [0.717, 1.165) is 0 Å². The third-order valence-electron chi connectivity index (χ3n) is 3.28. The number of rotatable bonds is 8. The first-order valence-corrected chi connectivity index (χ1v) is 6.67. The van der Waals surface area contributed by atoms with Crippen molar-refractivity contribution >= 4 is 0 Å². The molecule has 0 aliphatic heterocycles. The Kier molecular flexibility index (Phi) is 6.32. The molecule has 0 bridgehead atoms. The third-order valence-corrected chi connectivity index (χ3v) is 3.28. The van der Waals surface area contributed by atoms with Crippen molar-refractivity contribution < 1.29 is 0 Å². The van der Waals surface area contributed by atoms with Gasteiger partial charge in [0.05, 0.1) is 0 Å². The van der Waals surface area contributed by atoms with E-state index in [1.165, 1.54) is 32.4 Å². The van der Waals surface area contributed by atoms with Crippen LogP contribution in [0.5, 0.6) is 0 Å². The predicted molar refractivity (Wildman–Crippen MR) is 74.8 cm³/mol. The standard InChI is InChI=1S/C15H31N/c1-8-11-16(12-9-2)15(6,7)13-14(4,5)10-3/h10H,3,8-9,11-13H2,1-2,4-7H3. The highest BCUT2D eigenvalue weighted by molar-refractivity contribution is 4.95. The number of allylic oxidation sites excluding steroid dienone is 1. The van der Waals surface area contributed by atoms with Gasteiger partial charge >= 0.3 is 0 Å². The summed E-state index contributed by atoms with van der Waals surface area (Å²) < 4.78 is 0. The molecule has 0 fully saturated rings. The molecule has 0 saturated heterocycles. The van der Waals surface area contributed by atoms with Crippen molar-refractivity contribution in [2.75, 3.05) is 13.1 Å². The first-order valence-electron chi connectivity index (χ1n) is 6.67. The maximum absolute atomic E-state index is 3.95. The number of nitrogens with zero attached hydrogens (tertiary/aromatic N) is 1. The average molecular weight is 225 g/mol. The Balaban J connectivity index is 4.63. The minimum Gasteiger partial charge on any atom is -0.298 e. The van der Waals surface area contributed by atoms with Gasteiger partial charge in [-0.05, 0) is 51.6 Å². The van der Waals surface area contributed by atoms with Crippen LogP contribution in [-0.2, 0) is 0 Å². The molecule has 0 aliphatic rings. The Morgan fingerprint density at radius 2 is 1.44 bits per heavy atom. The first kappa shape index (κ1) is 15.7. The topological polar surface area (TPSA) is 3.24 Å². The first-order chi connectivity index (χ1) is 7.29. The highest BCUT2D eigenvalue weighted by Gasteiger charge is 2.31. The van der Waals surface area contributed by atoms with Crippen molar-refractivity contribution in [2.45, 2.75) is 66.3 Å². The molecule has 0 aromatic heterocycles. The smallest absolute Gasteiger partial charge is 0.0161 e. The fourth-order valence-electron chi connectivity index (χ4n) is 2.56. The molecule has 96 valence electrons. The molecular weight excluding hydrogens is 194 g/mol. The van der Waals surface area contributed by atoms with Crippen molar-refractivity contribution in [1.82, 2.24) is 4.90 Å². The van der Waals surface area contributed by atoms with E-state index in [2.05, 4.69) is 59.1 Å². The summed E-state index contributed by atoms with van der Waals surface area (Å²) in [6, 6.07) is 0. The molecule has 1 nitrogen and oxygen atoms in total. The van der Waals surface area contributed by atoms with Crippen molar-refractivity contribution in [3.63, 3.8) is 0 Å². The monoisotopic (exact) mass is 225 g/mol. The van der Waals surface area contributed by atoms with Gasteiger partial charge in [-0.3, -0.25) is 4.90 Å². The molecule has 0 N–H and O–H groups in total. The Morgan fingerprint density at radius 1 is 1.00 bits per heavy atom. The van der Waals surface area contributed by atoms with Gasteiger partial charge in [0, 0.05) is 5.54 Å². The van der Waals surface area contributed by atoms with Gasteiger partial charge < -0.3 is 0 Å². The largest absolute Gasteiger partial charge is 0.298 e. The number of hydrogen-bond acceptors (Lipinski definition) is 1. The van der Waals surface area contributed by atoms with Gasteiger partial charge in [-0.1, -0.05) is 33.8 Å². The van der Waals surface area contributed by atoms with Crippen LogP contribution in [0.1, 0.15) is 60.8 Å². The Hall–Kier alpha value is -0.300. The molecule has 0 saturated carbocycles. The molecular formula is C15H31N. The van der Waals surface area contributed by atoms with E-state index in [-0.39, 0.29) is 11.0 Å². The molecule has 0 unspecified atom stereocenters. The zero-order valence-electron chi connectivity index (χ0n) is 12.3. The van der Waals surface area contributed by atoms with Gasteiger partial charge in [0.2, 0.25) is 0 Å². The highest BCUT2D eigenvalue weighted by atomic mass is 15.2. The molecule has 0 aromatic rings. The highest BCUT2D eigenvalue weighted by Crippen LogP contribution is 2.32. The molecule has 0 aromatic carbocycles. The SMILES string of the molecule is C=CC(C)(C)CC(C)(C)N(CCC)CCC. The van der Waals surface area contributed by atoms with E-state index in [4.69, 9.17) is 0 Å². The van der Waals surface area contributed by atoms with E-state index in [0.29, 0.717) is 0 Å². The molecule has 0 spiro atoms. The number of hydrogen-bond donors (Lipinski definition) is 0. The minimum absolute atomic E-state index is 0.225. The van der Waals surface area contributed by atoms with Crippen LogP contribution in [0.3, 0.4) is 0 Å². The zero-order valence-corrected chi connectivity index (χ0v) is 12.3. The quantitative estimate of drug-likeness (QED) is 0.550. The lowest BCUT2D eigenvalue weighted by molar-refractivity contribution is 0.0842. The summed E-state index contributed by atoms with van der Waals surface area (Å²) in [6.45, 7) is 20.2. The Morgan fingerprint density at radius 3 is 1.75 bits per heavy atom. The maximum atomic E-state index is 3.95. The van der Waals surface area contributed by atoms with E-state index < -0.39 is 0 Å². The third kappa shape index (κ3) is 5.16. The molecule has 0 radical (unpaired) electrons. The van der Waals surface area contributed by atoms with Crippen LogP contribution in [0.15, 0.2) is 12.7 Å². The van der Waals surface area contributed by atoms with E-state index >= 15 is 0 Å². The van der Waals surface area contributed by atoms with Gasteiger partial charge in [0.15, 0.2) is 0 Å². The lowest BCUT2D eigenvalue weighted by Crippen LogP contribution is -2.47. The van der Waals surface area contributed by atoms with Crippen molar-refractivity contribution in [1.29, 1.82) is 0 Å². The molecule has 16 heavy (non-hydrogen) atoms. The van der Waals surface area contributed by atoms with Crippen LogP contribution in [0.4, 0.5) is 0 Å². The summed E-state index contributed by atoms with van der Waals surface area (Å²) in [5.74, 6) is 0. The van der Waals surface area contributed by atoms with Gasteiger partial charge in [0.1, 0.15) is 0 Å². The minimum atomic E-state index is 0.225. The van der Waals surface area contributed by atoms with Crippen LogP contribution < -0.4 is 0 Å². The molecule has 0 atom stereocenters. The molecule has 0 amide bonds. The second-order valence-corrected chi connectivity index (χ2v) is 6.17. The van der Waals surface area contributed by atoms with E-state index in [1.807, 2.05) is 0 Å². The zero-order chi connectivity index (χ0) is 12.8. The lowest BCUT2D eigenvalue weighted by atomic mass is 9.79. The average Bonchev–Trinajstić information content (AvgIpc) is 2.16. The molecule has 0 aliphatic carbocycles. The van der Waals surface area contributed by atoms with Crippen LogP contribution in [0.2, 0.25) is 0 Å². The Labute approximate surface area is 103 Å². The lowest BCUT2D eigenvalue weighted by Gasteiger charge is -2.42. The summed E-state index contributed by atoms with van der Waals surface area (Å²) in [5.41, 5.74) is 0.493. The second kappa shape index (κ2) is 6.44. The van der Waals surface area contributed by atoms with Crippen molar-refractivity contribution in [3.05, 3.63) is 12.7 Å². The second-order valence-electron chi connectivity index (χ2n) is 6.17. The molecule has 1 heteroatoms. The summed E-state index contributed by atoms with van der Waals surface area (Å²) in [4.78, 5) is 2.62. The maximum Gasteiger partial charge on any atom is 0.0161 e. The Bertz CT molecular complexity index is 197. The van der Waals surface area contributed by atoms with E-state index in [1.54, 1.807) is 0 Å². The fraction of sp³-hybridized carbons (Fsp3) is 0.867. The summed E-state index contributed by atoms with van der Waals surface area (Å²) in [5, 5.41) is 0. The van der Waals surface area contributed by atoms with Gasteiger partial charge in [-0.25, -0.2) is 0 Å². The fourth-order valence-corrected chi connectivity index (χ4v) is 2.56. The van der Waals surface area contributed by atoms with Gasteiger partial charge in [-0.2, -0.15) is 0 Å². The summed E-state index contributed by atoms with van der Waals surface area (Å²) >= 11 is 0. The van der Waals surface area contributed by atoms with Crippen LogP contribution >= 0.6 is 0 Å².